The van der Waals surface area contributed by atoms with Crippen LogP contribution in [-0.4, -0.2) is 19.6 Å². The number of fused-ring (bicyclic) bond motifs is 2. The molecular weight excluding hydrogens is 262 g/mol. The summed E-state index contributed by atoms with van der Waals surface area (Å²) in [5.41, 5.74) is 6.87. The van der Waals surface area contributed by atoms with E-state index in [1.807, 2.05) is 24.3 Å². The van der Waals surface area contributed by atoms with Crippen molar-refractivity contribution < 1.29 is 4.74 Å². The maximum Gasteiger partial charge on any atom is 0.193 e. The minimum Gasteiger partial charge on any atom is -0.497 e. The zero-order valence-electron chi connectivity index (χ0n) is 12.7. The predicted molar refractivity (Wildman–Crippen MR) is 86.7 cm³/mol. The van der Waals surface area contributed by atoms with Crippen molar-refractivity contribution in [1.82, 2.24) is 0 Å². The van der Waals surface area contributed by atoms with Gasteiger partial charge >= 0.3 is 0 Å². The third-order valence-electron chi connectivity index (χ3n) is 5.01. The van der Waals surface area contributed by atoms with Crippen LogP contribution >= 0.6 is 0 Å². The average molecular weight is 287 g/mol. The van der Waals surface area contributed by atoms with E-state index in [4.69, 9.17) is 10.5 Å². The molecular formula is C17H25N3O. The summed E-state index contributed by atoms with van der Waals surface area (Å²) in [7, 11) is 1.66. The monoisotopic (exact) mass is 287 g/mol. The first-order valence-corrected chi connectivity index (χ1v) is 7.95. The van der Waals surface area contributed by atoms with Crippen LogP contribution in [-0.2, 0) is 0 Å². The van der Waals surface area contributed by atoms with Crippen LogP contribution < -0.4 is 15.8 Å². The number of methoxy groups -OCH3 is 1. The van der Waals surface area contributed by atoms with Crippen molar-refractivity contribution >= 4 is 11.6 Å². The van der Waals surface area contributed by atoms with Gasteiger partial charge in [0.1, 0.15) is 5.75 Å². The zero-order chi connectivity index (χ0) is 14.7. The Morgan fingerprint density at radius 1 is 1.38 bits per heavy atom. The second-order valence-electron chi connectivity index (χ2n) is 6.35. The summed E-state index contributed by atoms with van der Waals surface area (Å²) in [4.78, 5) is 4.46. The second-order valence-corrected chi connectivity index (χ2v) is 6.35. The predicted octanol–water partition coefficient (Wildman–Crippen LogP) is 3.25. The number of nitrogens with two attached hydrogens (primary N) is 1. The van der Waals surface area contributed by atoms with E-state index in [0.29, 0.717) is 5.96 Å². The molecule has 114 valence electrons. The van der Waals surface area contributed by atoms with E-state index in [9.17, 15) is 0 Å². The Balaban J connectivity index is 1.47. The number of hydrogen-bond acceptors (Lipinski definition) is 2. The first-order chi connectivity index (χ1) is 10.2. The van der Waals surface area contributed by atoms with Crippen LogP contribution in [0.3, 0.4) is 0 Å². The number of anilines is 1. The van der Waals surface area contributed by atoms with Crippen LogP contribution in [0.4, 0.5) is 5.69 Å². The second kappa shape index (κ2) is 6.37. The fraction of sp³-hybridized carbons (Fsp3) is 0.588. The van der Waals surface area contributed by atoms with Crippen molar-refractivity contribution in [2.24, 2.45) is 28.5 Å². The molecule has 21 heavy (non-hydrogen) atoms. The van der Waals surface area contributed by atoms with Gasteiger partial charge in [0, 0.05) is 18.3 Å². The van der Waals surface area contributed by atoms with Crippen LogP contribution in [0, 0.1) is 17.8 Å². The smallest absolute Gasteiger partial charge is 0.193 e. The summed E-state index contributed by atoms with van der Waals surface area (Å²) in [6.07, 6.45) is 6.97. The molecule has 3 unspecified atom stereocenters. The molecule has 0 radical (unpaired) electrons. The number of guanidine groups is 1. The fourth-order valence-electron chi connectivity index (χ4n) is 3.97. The standard InChI is InChI=1S/C17H25N3O/c1-21-16-4-2-3-15(11-16)20-17(18)19-8-7-14-10-12-5-6-13(14)9-12/h2-4,11-14H,5-10H2,1H3,(H3,18,19,20). The van der Waals surface area contributed by atoms with Crippen molar-refractivity contribution in [3.05, 3.63) is 24.3 Å². The molecule has 1 aromatic rings. The zero-order valence-corrected chi connectivity index (χ0v) is 12.7. The normalized spacial score (nSPS) is 27.9. The van der Waals surface area contributed by atoms with Crippen molar-refractivity contribution in [3.63, 3.8) is 0 Å². The van der Waals surface area contributed by atoms with Crippen LogP contribution in [0.2, 0.25) is 0 Å². The van der Waals surface area contributed by atoms with Gasteiger partial charge in [-0.2, -0.15) is 0 Å². The van der Waals surface area contributed by atoms with Crippen molar-refractivity contribution in [2.45, 2.75) is 32.1 Å². The van der Waals surface area contributed by atoms with Gasteiger partial charge in [-0.3, -0.25) is 4.99 Å². The molecule has 4 heteroatoms. The van der Waals surface area contributed by atoms with Gasteiger partial charge in [-0.05, 0) is 55.6 Å². The SMILES string of the molecule is COc1cccc(NC(N)=NCCC2CC3CCC2C3)c1. The number of nitrogens with one attached hydrogen (secondary N) is 1. The van der Waals surface area contributed by atoms with E-state index in [0.717, 1.165) is 35.7 Å². The average Bonchev–Trinajstić information content (AvgIpc) is 3.10. The molecule has 0 aliphatic heterocycles. The fourth-order valence-corrected chi connectivity index (χ4v) is 3.97. The Bertz CT molecular complexity index is 515. The highest BCUT2D eigenvalue weighted by molar-refractivity contribution is 5.92. The lowest BCUT2D eigenvalue weighted by atomic mass is 9.86. The molecule has 2 bridgehead atoms. The summed E-state index contributed by atoms with van der Waals surface area (Å²) in [6.45, 7) is 0.830. The lowest BCUT2D eigenvalue weighted by molar-refractivity contribution is 0.318. The summed E-state index contributed by atoms with van der Waals surface area (Å²) >= 11 is 0. The first kappa shape index (κ1) is 14.2. The largest absolute Gasteiger partial charge is 0.497 e. The Morgan fingerprint density at radius 2 is 2.29 bits per heavy atom. The summed E-state index contributed by atoms with van der Waals surface area (Å²) in [5, 5.41) is 3.12. The Labute approximate surface area is 126 Å². The van der Waals surface area contributed by atoms with Gasteiger partial charge in [-0.25, -0.2) is 0 Å². The van der Waals surface area contributed by atoms with Crippen molar-refractivity contribution in [3.8, 4) is 5.75 Å². The maximum absolute atomic E-state index is 5.96. The van der Waals surface area contributed by atoms with E-state index in [1.165, 1.54) is 32.1 Å². The molecule has 2 fully saturated rings. The lowest BCUT2D eigenvalue weighted by Gasteiger charge is -2.20. The highest BCUT2D eigenvalue weighted by Gasteiger charge is 2.38. The molecule has 2 saturated carbocycles. The van der Waals surface area contributed by atoms with E-state index >= 15 is 0 Å². The number of rotatable bonds is 5. The van der Waals surface area contributed by atoms with Gasteiger partial charge in [0.05, 0.1) is 7.11 Å². The lowest BCUT2D eigenvalue weighted by Crippen LogP contribution is -2.23. The molecule has 2 aliphatic rings. The maximum atomic E-state index is 5.96. The minimum atomic E-state index is 0.492. The van der Waals surface area contributed by atoms with Gasteiger partial charge < -0.3 is 15.8 Å². The van der Waals surface area contributed by atoms with Gasteiger partial charge in [0.2, 0.25) is 0 Å². The number of benzene rings is 1. The molecule has 0 heterocycles. The molecule has 4 nitrogen and oxygen atoms in total. The Kier molecular flexibility index (Phi) is 4.32. The van der Waals surface area contributed by atoms with Gasteiger partial charge in [-0.15, -0.1) is 0 Å². The molecule has 0 amide bonds. The molecule has 3 rings (SSSR count). The molecule has 3 N–H and O–H groups in total. The van der Waals surface area contributed by atoms with Gasteiger partial charge in [0.15, 0.2) is 5.96 Å². The number of ether oxygens (including phenoxy) is 1. The van der Waals surface area contributed by atoms with Crippen LogP contribution in [0.15, 0.2) is 29.3 Å². The molecule has 2 aliphatic carbocycles. The van der Waals surface area contributed by atoms with E-state index < -0.39 is 0 Å². The summed E-state index contributed by atoms with van der Waals surface area (Å²) in [5.74, 6) is 4.17. The van der Waals surface area contributed by atoms with Gasteiger partial charge in [0.25, 0.3) is 0 Å². The number of aliphatic imine (C=N–C) groups is 1. The third-order valence-corrected chi connectivity index (χ3v) is 5.01. The van der Waals surface area contributed by atoms with Crippen molar-refractivity contribution in [2.75, 3.05) is 19.0 Å². The number of nitrogens with zero attached hydrogens (tertiary/aromatic N) is 1. The molecule has 0 saturated heterocycles. The summed E-state index contributed by atoms with van der Waals surface area (Å²) in [6, 6.07) is 7.72. The third kappa shape index (κ3) is 3.49. The molecule has 3 atom stereocenters. The Morgan fingerprint density at radius 3 is 3.00 bits per heavy atom. The van der Waals surface area contributed by atoms with Crippen molar-refractivity contribution in [1.29, 1.82) is 0 Å². The van der Waals surface area contributed by atoms with Crippen LogP contribution in [0.25, 0.3) is 0 Å². The minimum absolute atomic E-state index is 0.492. The summed E-state index contributed by atoms with van der Waals surface area (Å²) < 4.78 is 5.19. The van der Waals surface area contributed by atoms with E-state index in [-0.39, 0.29) is 0 Å². The molecule has 0 spiro atoms. The first-order valence-electron chi connectivity index (χ1n) is 7.95. The Hall–Kier alpha value is -1.71. The van der Waals surface area contributed by atoms with Crippen LogP contribution in [0.5, 0.6) is 5.75 Å². The topological polar surface area (TPSA) is 59.6 Å². The van der Waals surface area contributed by atoms with E-state index in [1.54, 1.807) is 7.11 Å². The van der Waals surface area contributed by atoms with Crippen LogP contribution in [0.1, 0.15) is 32.1 Å². The molecule has 0 aromatic heterocycles. The molecule has 1 aromatic carbocycles. The highest BCUT2D eigenvalue weighted by Crippen LogP contribution is 2.49. The highest BCUT2D eigenvalue weighted by atomic mass is 16.5. The quantitative estimate of drug-likeness (QED) is 0.645. The van der Waals surface area contributed by atoms with E-state index in [2.05, 4.69) is 10.3 Å². The number of hydrogen-bond donors (Lipinski definition) is 2. The van der Waals surface area contributed by atoms with Gasteiger partial charge in [-0.1, -0.05) is 12.5 Å².